The number of benzene rings is 1. The Morgan fingerprint density at radius 1 is 1.25 bits per heavy atom. The van der Waals surface area contributed by atoms with Gasteiger partial charge in [-0.3, -0.25) is 4.79 Å². The van der Waals surface area contributed by atoms with E-state index in [-0.39, 0.29) is 11.8 Å². The molecule has 0 aliphatic carbocycles. The molecule has 2 aromatic rings. The fourth-order valence-corrected chi connectivity index (χ4v) is 1.99. The molecular weight excluding hydrogens is 254 g/mol. The first kappa shape index (κ1) is 14.1. The minimum Gasteiger partial charge on any atom is -0.438 e. The van der Waals surface area contributed by atoms with Crippen molar-refractivity contribution in [2.75, 3.05) is 23.3 Å². The van der Waals surface area contributed by atoms with E-state index in [1.165, 1.54) is 6.20 Å². The number of anilines is 2. The summed E-state index contributed by atoms with van der Waals surface area (Å²) in [6, 6.07) is 7.73. The highest BCUT2D eigenvalue weighted by Crippen LogP contribution is 2.18. The van der Waals surface area contributed by atoms with Crippen molar-refractivity contribution in [2.24, 2.45) is 0 Å². The molecule has 1 heterocycles. The number of amides is 1. The summed E-state index contributed by atoms with van der Waals surface area (Å²) in [5.74, 6) is 0.357. The van der Waals surface area contributed by atoms with Gasteiger partial charge < -0.3 is 14.6 Å². The molecule has 0 aliphatic rings. The molecule has 0 fully saturated rings. The first-order valence-corrected chi connectivity index (χ1v) is 6.72. The maximum absolute atomic E-state index is 11.9. The zero-order valence-electron chi connectivity index (χ0n) is 12.0. The minimum absolute atomic E-state index is 0.0790. The Morgan fingerprint density at radius 2 is 1.90 bits per heavy atom. The van der Waals surface area contributed by atoms with E-state index in [0.29, 0.717) is 5.76 Å². The molecule has 1 amide bonds. The van der Waals surface area contributed by atoms with Gasteiger partial charge in [-0.2, -0.15) is 0 Å². The molecule has 2 rings (SSSR count). The van der Waals surface area contributed by atoms with Crippen molar-refractivity contribution in [1.82, 2.24) is 4.98 Å². The lowest BCUT2D eigenvalue weighted by molar-refractivity contribution is 0.0989. The zero-order chi connectivity index (χ0) is 14.5. The van der Waals surface area contributed by atoms with Gasteiger partial charge in [0.05, 0.1) is 6.20 Å². The molecule has 0 aliphatic heterocycles. The van der Waals surface area contributed by atoms with Gasteiger partial charge in [-0.1, -0.05) is 0 Å². The number of nitrogens with one attached hydrogen (secondary N) is 1. The number of rotatable bonds is 5. The minimum atomic E-state index is -0.339. The van der Waals surface area contributed by atoms with Crippen molar-refractivity contribution in [2.45, 2.75) is 20.8 Å². The van der Waals surface area contributed by atoms with Crippen LogP contribution in [-0.4, -0.2) is 24.0 Å². The predicted octanol–water partition coefficient (Wildman–Crippen LogP) is 3.08. The monoisotopic (exact) mass is 273 g/mol. The Kier molecular flexibility index (Phi) is 4.40. The van der Waals surface area contributed by atoms with Crippen LogP contribution in [0.4, 0.5) is 11.4 Å². The fourth-order valence-electron chi connectivity index (χ4n) is 1.99. The van der Waals surface area contributed by atoms with Gasteiger partial charge in [0.15, 0.2) is 0 Å². The second-order valence-corrected chi connectivity index (χ2v) is 4.45. The summed E-state index contributed by atoms with van der Waals surface area (Å²) in [5.41, 5.74) is 1.86. The number of oxazole rings is 1. The second-order valence-electron chi connectivity index (χ2n) is 4.45. The highest BCUT2D eigenvalue weighted by Gasteiger charge is 2.12. The van der Waals surface area contributed by atoms with Crippen LogP contribution in [0.3, 0.4) is 0 Å². The van der Waals surface area contributed by atoms with Crippen LogP contribution < -0.4 is 10.2 Å². The van der Waals surface area contributed by atoms with Crippen LogP contribution in [0, 0.1) is 6.92 Å². The van der Waals surface area contributed by atoms with Crippen molar-refractivity contribution < 1.29 is 9.21 Å². The maximum atomic E-state index is 11.9. The molecule has 0 atom stereocenters. The molecule has 106 valence electrons. The third kappa shape index (κ3) is 3.17. The Hall–Kier alpha value is -2.30. The van der Waals surface area contributed by atoms with Gasteiger partial charge >= 0.3 is 5.91 Å². The Bertz CT molecular complexity index is 571. The number of nitrogens with zero attached hydrogens (tertiary/aromatic N) is 2. The third-order valence-corrected chi connectivity index (χ3v) is 3.07. The normalized spacial score (nSPS) is 10.3. The van der Waals surface area contributed by atoms with E-state index in [1.807, 2.05) is 24.3 Å². The summed E-state index contributed by atoms with van der Waals surface area (Å²) in [6.45, 7) is 7.90. The molecule has 0 unspecified atom stereocenters. The lowest BCUT2D eigenvalue weighted by Crippen LogP contribution is -2.21. The first-order valence-electron chi connectivity index (χ1n) is 6.72. The van der Waals surface area contributed by atoms with Crippen LogP contribution in [0.5, 0.6) is 0 Å². The summed E-state index contributed by atoms with van der Waals surface area (Å²) in [5, 5.41) is 2.76. The molecular formula is C15H19N3O2. The average molecular weight is 273 g/mol. The molecule has 20 heavy (non-hydrogen) atoms. The van der Waals surface area contributed by atoms with E-state index in [4.69, 9.17) is 4.42 Å². The lowest BCUT2D eigenvalue weighted by atomic mass is 10.2. The van der Waals surface area contributed by atoms with E-state index in [9.17, 15) is 4.79 Å². The molecule has 0 saturated carbocycles. The van der Waals surface area contributed by atoms with Gasteiger partial charge in [-0.05, 0) is 45.0 Å². The zero-order valence-corrected chi connectivity index (χ0v) is 12.0. The van der Waals surface area contributed by atoms with E-state index in [0.717, 1.165) is 24.5 Å². The quantitative estimate of drug-likeness (QED) is 0.909. The van der Waals surface area contributed by atoms with Crippen molar-refractivity contribution in [3.05, 3.63) is 42.1 Å². The molecule has 1 N–H and O–H groups in total. The fraction of sp³-hybridized carbons (Fsp3) is 0.333. The van der Waals surface area contributed by atoms with E-state index in [2.05, 4.69) is 29.0 Å². The summed E-state index contributed by atoms with van der Waals surface area (Å²) in [6.07, 6.45) is 1.53. The topological polar surface area (TPSA) is 58.4 Å². The Balaban J connectivity index is 2.05. The number of carbonyl (C=O) groups excluding carboxylic acids is 1. The summed E-state index contributed by atoms with van der Waals surface area (Å²) >= 11 is 0. The Morgan fingerprint density at radius 3 is 2.40 bits per heavy atom. The van der Waals surface area contributed by atoms with Crippen molar-refractivity contribution in [3.8, 4) is 0 Å². The standard InChI is InChI=1S/C15H19N3O2/c1-4-18(5-2)13-8-6-12(7-9-13)17-14(19)15-16-10-11(3)20-15/h6-10H,4-5H2,1-3H3,(H,17,19). The van der Waals surface area contributed by atoms with Gasteiger partial charge in [0, 0.05) is 24.5 Å². The van der Waals surface area contributed by atoms with Gasteiger partial charge in [0.25, 0.3) is 5.89 Å². The lowest BCUT2D eigenvalue weighted by Gasteiger charge is -2.21. The van der Waals surface area contributed by atoms with Gasteiger partial charge in [-0.15, -0.1) is 0 Å². The number of hydrogen-bond donors (Lipinski definition) is 1. The second kappa shape index (κ2) is 6.23. The van der Waals surface area contributed by atoms with Crippen LogP contribution in [0.2, 0.25) is 0 Å². The van der Waals surface area contributed by atoms with Crippen molar-refractivity contribution in [3.63, 3.8) is 0 Å². The molecule has 0 bridgehead atoms. The summed E-state index contributed by atoms with van der Waals surface area (Å²) in [4.78, 5) is 18.0. The molecule has 0 spiro atoms. The van der Waals surface area contributed by atoms with Crippen LogP contribution in [0.1, 0.15) is 30.3 Å². The predicted molar refractivity (Wildman–Crippen MR) is 79.2 cm³/mol. The SMILES string of the molecule is CCN(CC)c1ccc(NC(=O)c2ncc(C)o2)cc1. The van der Waals surface area contributed by atoms with Crippen molar-refractivity contribution >= 4 is 17.3 Å². The highest BCUT2D eigenvalue weighted by atomic mass is 16.4. The molecule has 5 heteroatoms. The first-order chi connectivity index (χ1) is 9.63. The largest absolute Gasteiger partial charge is 0.438 e. The van der Waals surface area contributed by atoms with Crippen LogP contribution in [-0.2, 0) is 0 Å². The number of aromatic nitrogens is 1. The molecule has 0 saturated heterocycles. The molecule has 0 radical (unpaired) electrons. The van der Waals surface area contributed by atoms with E-state index in [1.54, 1.807) is 6.92 Å². The number of aryl methyl sites for hydroxylation is 1. The summed E-state index contributed by atoms with van der Waals surface area (Å²) < 4.78 is 5.18. The average Bonchev–Trinajstić information content (AvgIpc) is 2.89. The molecule has 5 nitrogen and oxygen atoms in total. The summed E-state index contributed by atoms with van der Waals surface area (Å²) in [7, 11) is 0. The molecule has 1 aromatic heterocycles. The van der Waals surface area contributed by atoms with Crippen LogP contribution in [0.25, 0.3) is 0 Å². The van der Waals surface area contributed by atoms with E-state index < -0.39 is 0 Å². The van der Waals surface area contributed by atoms with E-state index >= 15 is 0 Å². The van der Waals surface area contributed by atoms with Gasteiger partial charge in [-0.25, -0.2) is 4.98 Å². The van der Waals surface area contributed by atoms with Gasteiger partial charge in [0.2, 0.25) is 0 Å². The van der Waals surface area contributed by atoms with Crippen molar-refractivity contribution in [1.29, 1.82) is 0 Å². The Labute approximate surface area is 118 Å². The third-order valence-electron chi connectivity index (χ3n) is 3.07. The highest BCUT2D eigenvalue weighted by molar-refractivity contribution is 6.00. The van der Waals surface area contributed by atoms with Crippen LogP contribution in [0.15, 0.2) is 34.9 Å². The maximum Gasteiger partial charge on any atom is 0.311 e. The van der Waals surface area contributed by atoms with Crippen LogP contribution >= 0.6 is 0 Å². The smallest absolute Gasteiger partial charge is 0.311 e. The number of hydrogen-bond acceptors (Lipinski definition) is 4. The number of carbonyl (C=O) groups is 1. The van der Waals surface area contributed by atoms with Gasteiger partial charge in [0.1, 0.15) is 5.76 Å². The molecule has 1 aromatic carbocycles.